The second-order valence-corrected chi connectivity index (χ2v) is 4.74. The molecule has 1 unspecified atom stereocenters. The molecule has 0 saturated carbocycles. The van der Waals surface area contributed by atoms with Gasteiger partial charge in [-0.3, -0.25) is 4.79 Å². The van der Waals surface area contributed by atoms with Gasteiger partial charge in [0, 0.05) is 6.54 Å². The van der Waals surface area contributed by atoms with Crippen LogP contribution in [0.25, 0.3) is 0 Å². The molecule has 2 aliphatic rings. The van der Waals surface area contributed by atoms with E-state index in [2.05, 4.69) is 10.2 Å². The molecule has 3 rings (SSSR count). The van der Waals surface area contributed by atoms with E-state index < -0.39 is 0 Å². The number of fused-ring (bicyclic) bond motifs is 3. The molecule has 1 aromatic carbocycles. The highest BCUT2D eigenvalue weighted by Crippen LogP contribution is 2.40. The van der Waals surface area contributed by atoms with Crippen LogP contribution in [0.1, 0.15) is 19.3 Å². The summed E-state index contributed by atoms with van der Waals surface area (Å²) in [6.07, 6.45) is 3.18. The van der Waals surface area contributed by atoms with Crippen molar-refractivity contribution in [2.75, 3.05) is 16.8 Å². The third-order valence-corrected chi connectivity index (χ3v) is 3.64. The van der Waals surface area contributed by atoms with Crippen molar-refractivity contribution in [1.82, 2.24) is 0 Å². The van der Waals surface area contributed by atoms with Crippen LogP contribution >= 0.6 is 11.6 Å². The minimum absolute atomic E-state index is 0.0267. The monoisotopic (exact) mass is 236 g/mol. The number of amides is 1. The predicted molar refractivity (Wildman–Crippen MR) is 65.1 cm³/mol. The number of carbonyl (C=O) groups is 1. The molecule has 1 N–H and O–H groups in total. The zero-order chi connectivity index (χ0) is 11.1. The number of nitrogens with one attached hydrogen (secondary N) is 1. The lowest BCUT2D eigenvalue weighted by Crippen LogP contribution is -2.50. The van der Waals surface area contributed by atoms with E-state index in [1.807, 2.05) is 18.2 Å². The highest BCUT2D eigenvalue weighted by molar-refractivity contribution is 6.34. The first-order valence-corrected chi connectivity index (χ1v) is 6.01. The van der Waals surface area contributed by atoms with Crippen molar-refractivity contribution in [3.05, 3.63) is 23.2 Å². The van der Waals surface area contributed by atoms with Gasteiger partial charge >= 0.3 is 0 Å². The molecule has 3 nitrogen and oxygen atoms in total. The smallest absolute Gasteiger partial charge is 0.247 e. The maximum absolute atomic E-state index is 11.9. The SMILES string of the molecule is O=C1Nc2cccc(Cl)c2N2CCCCC12. The van der Waals surface area contributed by atoms with Crippen molar-refractivity contribution in [2.24, 2.45) is 0 Å². The van der Waals surface area contributed by atoms with Crippen LogP contribution in [0.3, 0.4) is 0 Å². The van der Waals surface area contributed by atoms with E-state index in [0.29, 0.717) is 0 Å². The Hall–Kier alpha value is -1.22. The Morgan fingerprint density at radius 2 is 2.25 bits per heavy atom. The number of halogens is 1. The van der Waals surface area contributed by atoms with Crippen molar-refractivity contribution >= 4 is 28.9 Å². The zero-order valence-corrected chi connectivity index (χ0v) is 9.63. The van der Waals surface area contributed by atoms with Crippen LogP contribution in [0, 0.1) is 0 Å². The van der Waals surface area contributed by atoms with Gasteiger partial charge in [-0.15, -0.1) is 0 Å². The Morgan fingerprint density at radius 1 is 1.38 bits per heavy atom. The Bertz CT molecular complexity index is 447. The summed E-state index contributed by atoms with van der Waals surface area (Å²) >= 11 is 6.22. The molecule has 1 amide bonds. The van der Waals surface area contributed by atoms with Gasteiger partial charge in [-0.25, -0.2) is 0 Å². The zero-order valence-electron chi connectivity index (χ0n) is 8.87. The molecular weight excluding hydrogens is 224 g/mol. The van der Waals surface area contributed by atoms with Crippen LogP contribution in [0.5, 0.6) is 0 Å². The average molecular weight is 237 g/mol. The lowest BCUT2D eigenvalue weighted by molar-refractivity contribution is -0.118. The van der Waals surface area contributed by atoms with Gasteiger partial charge in [0.15, 0.2) is 0 Å². The fourth-order valence-electron chi connectivity index (χ4n) is 2.60. The molecule has 16 heavy (non-hydrogen) atoms. The summed E-state index contributed by atoms with van der Waals surface area (Å²) < 4.78 is 0. The van der Waals surface area contributed by atoms with Gasteiger partial charge < -0.3 is 10.2 Å². The van der Waals surface area contributed by atoms with Gasteiger partial charge in [-0.05, 0) is 31.4 Å². The number of piperidine rings is 1. The molecule has 84 valence electrons. The lowest BCUT2D eigenvalue weighted by Gasteiger charge is -2.41. The first-order chi connectivity index (χ1) is 7.77. The molecule has 0 spiro atoms. The first-order valence-electron chi connectivity index (χ1n) is 5.63. The first kappa shape index (κ1) is 9.97. The van der Waals surface area contributed by atoms with Crippen molar-refractivity contribution < 1.29 is 4.79 Å². The second kappa shape index (κ2) is 3.67. The van der Waals surface area contributed by atoms with Gasteiger partial charge in [0.2, 0.25) is 5.91 Å². The molecule has 0 aromatic heterocycles. The van der Waals surface area contributed by atoms with Crippen molar-refractivity contribution in [3.63, 3.8) is 0 Å². The topological polar surface area (TPSA) is 32.3 Å². The van der Waals surface area contributed by atoms with Gasteiger partial charge in [0.05, 0.1) is 16.4 Å². The average Bonchev–Trinajstić information content (AvgIpc) is 2.29. The maximum atomic E-state index is 11.9. The highest BCUT2D eigenvalue weighted by Gasteiger charge is 2.35. The summed E-state index contributed by atoms with van der Waals surface area (Å²) in [5, 5.41) is 3.66. The minimum Gasteiger partial charge on any atom is -0.357 e. The van der Waals surface area contributed by atoms with Gasteiger partial charge in [-0.2, -0.15) is 0 Å². The summed E-state index contributed by atoms with van der Waals surface area (Å²) in [6, 6.07) is 5.63. The largest absolute Gasteiger partial charge is 0.357 e. The van der Waals surface area contributed by atoms with E-state index in [-0.39, 0.29) is 11.9 Å². The molecule has 1 atom stereocenters. The Kier molecular flexibility index (Phi) is 2.28. The molecule has 4 heteroatoms. The number of carbonyl (C=O) groups excluding carboxylic acids is 1. The van der Waals surface area contributed by atoms with E-state index in [9.17, 15) is 4.79 Å². The van der Waals surface area contributed by atoms with Crippen LogP contribution in [0.15, 0.2) is 18.2 Å². The second-order valence-electron chi connectivity index (χ2n) is 4.33. The molecule has 1 fully saturated rings. The third-order valence-electron chi connectivity index (χ3n) is 3.34. The number of anilines is 2. The Morgan fingerprint density at radius 3 is 3.12 bits per heavy atom. The van der Waals surface area contributed by atoms with Gasteiger partial charge in [-0.1, -0.05) is 17.7 Å². The predicted octanol–water partition coefficient (Wildman–Crippen LogP) is 2.65. The number of hydrogen-bond acceptors (Lipinski definition) is 2. The van der Waals surface area contributed by atoms with Gasteiger partial charge in [0.25, 0.3) is 0 Å². The van der Waals surface area contributed by atoms with Gasteiger partial charge in [0.1, 0.15) is 6.04 Å². The molecule has 1 aromatic rings. The van der Waals surface area contributed by atoms with E-state index in [1.54, 1.807) is 0 Å². The minimum atomic E-state index is -0.0267. The molecule has 2 aliphatic heterocycles. The summed E-state index contributed by atoms with van der Waals surface area (Å²) in [5.41, 5.74) is 1.84. The standard InChI is InChI=1S/C12H13ClN2O/c13-8-4-3-5-9-11(8)15-7-2-1-6-10(15)12(16)14-9/h3-5,10H,1-2,6-7H2,(H,14,16). The lowest BCUT2D eigenvalue weighted by atomic mass is 9.97. The molecular formula is C12H13ClN2O. The maximum Gasteiger partial charge on any atom is 0.247 e. The number of rotatable bonds is 0. The van der Waals surface area contributed by atoms with Crippen LogP contribution in [-0.2, 0) is 4.79 Å². The van der Waals surface area contributed by atoms with E-state index in [1.165, 1.54) is 0 Å². The molecule has 1 saturated heterocycles. The van der Waals surface area contributed by atoms with E-state index >= 15 is 0 Å². The number of benzene rings is 1. The van der Waals surface area contributed by atoms with Crippen LogP contribution in [0.2, 0.25) is 5.02 Å². The van der Waals surface area contributed by atoms with Crippen molar-refractivity contribution in [3.8, 4) is 0 Å². The summed E-state index contributed by atoms with van der Waals surface area (Å²) in [6.45, 7) is 0.925. The fraction of sp³-hybridized carbons (Fsp3) is 0.417. The summed E-state index contributed by atoms with van der Waals surface area (Å²) in [4.78, 5) is 14.1. The molecule has 0 bridgehead atoms. The summed E-state index contributed by atoms with van der Waals surface area (Å²) in [5.74, 6) is 0.106. The fourth-order valence-corrected chi connectivity index (χ4v) is 2.88. The third kappa shape index (κ3) is 1.39. The van der Waals surface area contributed by atoms with E-state index in [0.717, 1.165) is 42.2 Å². The molecule has 0 radical (unpaired) electrons. The quantitative estimate of drug-likeness (QED) is 0.751. The molecule has 2 heterocycles. The van der Waals surface area contributed by atoms with Crippen LogP contribution < -0.4 is 10.2 Å². The number of para-hydroxylation sites is 1. The van der Waals surface area contributed by atoms with Crippen LogP contribution in [0.4, 0.5) is 11.4 Å². The Balaban J connectivity index is 2.11. The Labute approximate surface area is 99.4 Å². The number of nitrogens with zero attached hydrogens (tertiary/aromatic N) is 1. The van der Waals surface area contributed by atoms with Crippen molar-refractivity contribution in [2.45, 2.75) is 25.3 Å². The molecule has 0 aliphatic carbocycles. The van der Waals surface area contributed by atoms with Crippen molar-refractivity contribution in [1.29, 1.82) is 0 Å². The van der Waals surface area contributed by atoms with Crippen LogP contribution in [-0.4, -0.2) is 18.5 Å². The summed E-state index contributed by atoms with van der Waals surface area (Å²) in [7, 11) is 0. The highest BCUT2D eigenvalue weighted by atomic mass is 35.5. The number of hydrogen-bond donors (Lipinski definition) is 1. The normalized spacial score (nSPS) is 23.4. The van der Waals surface area contributed by atoms with E-state index in [4.69, 9.17) is 11.6 Å².